The average Bonchev–Trinajstić information content (AvgIpc) is 3.44. The minimum absolute atomic E-state index is 0.962. The van der Waals surface area contributed by atoms with E-state index in [1.165, 1.54) is 78.1 Å². The topological polar surface area (TPSA) is 16.1 Å². The number of hydrogen-bond donors (Lipinski definition) is 0. The molecule has 4 aromatic carbocycles. The van der Waals surface area contributed by atoms with Gasteiger partial charge >= 0.3 is 0 Å². The van der Waals surface area contributed by atoms with Gasteiger partial charge in [0.2, 0.25) is 0 Å². The second kappa shape index (κ2) is 6.28. The number of benzene rings is 4. The Labute approximate surface area is 204 Å². The lowest BCUT2D eigenvalue weighted by molar-refractivity contribution is 0.967. The first-order valence-electron chi connectivity index (χ1n) is 12.6. The van der Waals surface area contributed by atoms with E-state index in [4.69, 9.17) is 4.98 Å². The van der Waals surface area contributed by atoms with Gasteiger partial charge in [-0.15, -0.1) is 0 Å². The number of rotatable bonds is 0. The van der Waals surface area contributed by atoms with Gasteiger partial charge in [0.15, 0.2) is 0 Å². The molecule has 2 heteroatoms. The van der Waals surface area contributed by atoms with E-state index < -0.39 is 0 Å². The van der Waals surface area contributed by atoms with Crippen LogP contribution in [0, 0.1) is 0 Å². The van der Waals surface area contributed by atoms with Crippen molar-refractivity contribution < 1.29 is 0 Å². The van der Waals surface area contributed by atoms with E-state index in [9.17, 15) is 0 Å². The van der Waals surface area contributed by atoms with Gasteiger partial charge in [-0.2, -0.15) is 0 Å². The van der Waals surface area contributed by atoms with Gasteiger partial charge in [-0.05, 0) is 104 Å². The standard InChI is InChI=1S/C33H22N2/c1-3-9-25-19(6-1)12-22-14-23-16-29-28(27(23)18-26(22)25)17-24-13-20-7-2-4-10-31(20)35-32(24)30(29)15-21-8-5-11-34-33(21)35/h1-11,14,17-18H,12-13,15-16H2. The lowest BCUT2D eigenvalue weighted by Crippen LogP contribution is -2.26. The zero-order valence-electron chi connectivity index (χ0n) is 19.3. The maximum atomic E-state index is 4.87. The van der Waals surface area contributed by atoms with Crippen molar-refractivity contribution in [1.29, 1.82) is 0 Å². The summed E-state index contributed by atoms with van der Waals surface area (Å²) >= 11 is 0. The molecule has 164 valence electrons. The van der Waals surface area contributed by atoms with E-state index in [0.717, 1.165) is 31.5 Å². The van der Waals surface area contributed by atoms with Crippen molar-refractivity contribution in [1.82, 2.24) is 4.98 Å². The van der Waals surface area contributed by atoms with Gasteiger partial charge in [0.1, 0.15) is 5.82 Å². The third-order valence-corrected chi connectivity index (χ3v) is 8.56. The van der Waals surface area contributed by atoms with Crippen LogP contribution in [0.15, 0.2) is 85.1 Å². The highest BCUT2D eigenvalue weighted by Crippen LogP contribution is 2.55. The Hall–Kier alpha value is -4.17. The molecule has 4 aliphatic rings. The molecule has 0 atom stereocenters. The number of aromatic nitrogens is 1. The molecule has 2 nitrogen and oxygen atoms in total. The quantitative estimate of drug-likeness (QED) is 0.240. The largest absolute Gasteiger partial charge is 0.294 e. The summed E-state index contributed by atoms with van der Waals surface area (Å²) in [6.45, 7) is 0. The minimum Gasteiger partial charge on any atom is -0.294 e. The summed E-state index contributed by atoms with van der Waals surface area (Å²) in [4.78, 5) is 7.31. The summed E-state index contributed by atoms with van der Waals surface area (Å²) in [5, 5.41) is 0. The van der Waals surface area contributed by atoms with Crippen molar-refractivity contribution in [3.8, 4) is 22.3 Å². The van der Waals surface area contributed by atoms with Crippen molar-refractivity contribution in [3.63, 3.8) is 0 Å². The normalized spacial score (nSPS) is 14.9. The molecule has 0 bridgehead atoms. The van der Waals surface area contributed by atoms with Crippen molar-refractivity contribution >= 4 is 17.2 Å². The molecule has 1 aromatic heterocycles. The van der Waals surface area contributed by atoms with E-state index in [-0.39, 0.29) is 0 Å². The van der Waals surface area contributed by atoms with Gasteiger partial charge in [-0.1, -0.05) is 54.6 Å². The zero-order chi connectivity index (χ0) is 22.7. The van der Waals surface area contributed by atoms with Gasteiger partial charge in [0.05, 0.1) is 11.4 Å². The van der Waals surface area contributed by atoms with E-state index in [2.05, 4.69) is 83.8 Å². The summed E-state index contributed by atoms with van der Waals surface area (Å²) in [6.07, 6.45) is 5.96. The molecule has 0 unspecified atom stereocenters. The number of nitrogens with zero attached hydrogens (tertiary/aromatic N) is 2. The smallest absolute Gasteiger partial charge is 0.141 e. The lowest BCUT2D eigenvalue weighted by Gasteiger charge is -2.39. The van der Waals surface area contributed by atoms with Crippen LogP contribution in [-0.2, 0) is 25.7 Å². The van der Waals surface area contributed by atoms with Crippen LogP contribution in [0.25, 0.3) is 22.3 Å². The molecule has 2 aliphatic heterocycles. The molecule has 0 amide bonds. The molecule has 0 saturated heterocycles. The molecule has 0 fully saturated rings. The van der Waals surface area contributed by atoms with Gasteiger partial charge in [-0.25, -0.2) is 4.98 Å². The predicted octanol–water partition coefficient (Wildman–Crippen LogP) is 7.50. The number of para-hydroxylation sites is 1. The summed E-state index contributed by atoms with van der Waals surface area (Å²) in [5.74, 6) is 1.10. The fourth-order valence-corrected chi connectivity index (χ4v) is 7.08. The molecule has 2 aliphatic carbocycles. The summed E-state index contributed by atoms with van der Waals surface area (Å²) in [5.41, 5.74) is 20.0. The van der Waals surface area contributed by atoms with Crippen LogP contribution in [-0.4, -0.2) is 4.98 Å². The molecule has 0 radical (unpaired) electrons. The van der Waals surface area contributed by atoms with Crippen LogP contribution in [0.2, 0.25) is 0 Å². The number of hydrogen-bond acceptors (Lipinski definition) is 2. The third kappa shape index (κ3) is 2.27. The highest BCUT2D eigenvalue weighted by atomic mass is 15.2. The lowest BCUT2D eigenvalue weighted by atomic mass is 9.83. The van der Waals surface area contributed by atoms with Crippen LogP contribution in [0.4, 0.5) is 17.2 Å². The Morgan fingerprint density at radius 2 is 1.26 bits per heavy atom. The van der Waals surface area contributed by atoms with Gasteiger partial charge in [-0.3, -0.25) is 4.90 Å². The minimum atomic E-state index is 0.962. The monoisotopic (exact) mass is 446 g/mol. The van der Waals surface area contributed by atoms with Crippen molar-refractivity contribution in [3.05, 3.63) is 130 Å². The Bertz CT molecular complexity index is 1750. The molecule has 9 rings (SSSR count). The van der Waals surface area contributed by atoms with Gasteiger partial charge < -0.3 is 0 Å². The number of anilines is 3. The van der Waals surface area contributed by atoms with E-state index in [1.54, 1.807) is 0 Å². The maximum Gasteiger partial charge on any atom is 0.141 e. The fourth-order valence-electron chi connectivity index (χ4n) is 7.08. The van der Waals surface area contributed by atoms with Crippen molar-refractivity contribution in [2.75, 3.05) is 4.90 Å². The van der Waals surface area contributed by atoms with Crippen LogP contribution in [0.5, 0.6) is 0 Å². The van der Waals surface area contributed by atoms with Crippen molar-refractivity contribution in [2.24, 2.45) is 0 Å². The summed E-state index contributed by atoms with van der Waals surface area (Å²) in [7, 11) is 0. The van der Waals surface area contributed by atoms with E-state index >= 15 is 0 Å². The summed E-state index contributed by atoms with van der Waals surface area (Å²) in [6, 6.07) is 29.6. The highest BCUT2D eigenvalue weighted by molar-refractivity contribution is 5.94. The summed E-state index contributed by atoms with van der Waals surface area (Å²) < 4.78 is 0. The molecule has 0 N–H and O–H groups in total. The number of pyridine rings is 1. The Balaban J connectivity index is 1.30. The Morgan fingerprint density at radius 3 is 2.23 bits per heavy atom. The molecule has 35 heavy (non-hydrogen) atoms. The van der Waals surface area contributed by atoms with Crippen molar-refractivity contribution in [2.45, 2.75) is 25.7 Å². The molecule has 0 saturated carbocycles. The van der Waals surface area contributed by atoms with E-state index in [1.807, 2.05) is 6.20 Å². The molecular formula is C33H22N2. The fraction of sp³-hybridized carbons (Fsp3) is 0.121. The van der Waals surface area contributed by atoms with Crippen LogP contribution >= 0.6 is 0 Å². The van der Waals surface area contributed by atoms with Gasteiger partial charge in [0.25, 0.3) is 0 Å². The van der Waals surface area contributed by atoms with Crippen LogP contribution < -0.4 is 4.90 Å². The Kier molecular flexibility index (Phi) is 3.27. The van der Waals surface area contributed by atoms with Crippen LogP contribution in [0.3, 0.4) is 0 Å². The first-order valence-corrected chi connectivity index (χ1v) is 12.6. The average molecular weight is 447 g/mol. The first kappa shape index (κ1) is 18.2. The van der Waals surface area contributed by atoms with Crippen LogP contribution in [0.1, 0.15) is 44.5 Å². The second-order valence-electron chi connectivity index (χ2n) is 10.4. The molecule has 5 aromatic rings. The predicted molar refractivity (Wildman–Crippen MR) is 141 cm³/mol. The zero-order valence-corrected chi connectivity index (χ0v) is 19.3. The second-order valence-corrected chi connectivity index (χ2v) is 10.4. The van der Waals surface area contributed by atoms with E-state index in [0.29, 0.717) is 0 Å². The first-order chi connectivity index (χ1) is 17.3. The molecule has 3 heterocycles. The molecule has 0 spiro atoms. The molecular weight excluding hydrogens is 424 g/mol. The Morgan fingerprint density at radius 1 is 0.514 bits per heavy atom. The highest BCUT2D eigenvalue weighted by Gasteiger charge is 2.37. The SMILES string of the molecule is c1ccc2c(c1)Cc1cc3c(cc1-2)-c1cc2c4c(c1C3)Cc1cccnc1N4c1ccccc1C2. The maximum absolute atomic E-state index is 4.87. The number of fused-ring (bicyclic) bond motifs is 11. The third-order valence-electron chi connectivity index (χ3n) is 8.56. The van der Waals surface area contributed by atoms with Gasteiger partial charge in [0, 0.05) is 19.0 Å².